The molecule has 0 unspecified atom stereocenters. The maximum Gasteiger partial charge on any atom is 0.253 e. The summed E-state index contributed by atoms with van der Waals surface area (Å²) in [4.78, 5) is 35.2. The van der Waals surface area contributed by atoms with Crippen LogP contribution in [0, 0.1) is 5.92 Å². The summed E-state index contributed by atoms with van der Waals surface area (Å²) >= 11 is 0. The highest BCUT2D eigenvalue weighted by atomic mass is 17.2. The first-order valence-corrected chi connectivity index (χ1v) is 6.95. The standard InChI is InChI=1S/C15H25NO4/c1-11(2)15(5,6)20-19-14(3,4)9-10-16-12(17)7-8-13(16)18/h7-8,11H,9-10H2,1-6H3. The highest BCUT2D eigenvalue weighted by molar-refractivity contribution is 6.12. The molecule has 0 saturated heterocycles. The first kappa shape index (κ1) is 16.9. The predicted octanol–water partition coefficient (Wildman–Crippen LogP) is 2.46. The van der Waals surface area contributed by atoms with Gasteiger partial charge in [0.15, 0.2) is 0 Å². The lowest BCUT2D eigenvalue weighted by atomic mass is 9.95. The van der Waals surface area contributed by atoms with Crippen molar-refractivity contribution in [2.45, 2.75) is 59.2 Å². The average molecular weight is 283 g/mol. The maximum atomic E-state index is 11.5. The second-order valence-electron chi connectivity index (χ2n) is 6.60. The molecule has 1 aliphatic rings. The summed E-state index contributed by atoms with van der Waals surface area (Å²) in [5.74, 6) is -0.229. The van der Waals surface area contributed by atoms with E-state index < -0.39 is 11.2 Å². The fourth-order valence-corrected chi connectivity index (χ4v) is 1.39. The van der Waals surface area contributed by atoms with Gasteiger partial charge in [-0.3, -0.25) is 14.5 Å². The lowest BCUT2D eigenvalue weighted by Crippen LogP contribution is -2.39. The van der Waals surface area contributed by atoms with Crippen molar-refractivity contribution in [2.75, 3.05) is 6.54 Å². The molecular weight excluding hydrogens is 258 g/mol. The van der Waals surface area contributed by atoms with Crippen LogP contribution in [0.4, 0.5) is 0 Å². The predicted molar refractivity (Wildman–Crippen MR) is 75.6 cm³/mol. The van der Waals surface area contributed by atoms with Crippen molar-refractivity contribution in [1.82, 2.24) is 4.90 Å². The quantitative estimate of drug-likeness (QED) is 0.409. The lowest BCUT2D eigenvalue weighted by molar-refractivity contribution is -0.408. The van der Waals surface area contributed by atoms with Crippen molar-refractivity contribution < 1.29 is 19.4 Å². The van der Waals surface area contributed by atoms with Gasteiger partial charge >= 0.3 is 0 Å². The summed E-state index contributed by atoms with van der Waals surface area (Å²) in [6.07, 6.45) is 3.09. The zero-order valence-corrected chi connectivity index (χ0v) is 13.2. The number of amides is 2. The van der Waals surface area contributed by atoms with Crippen LogP contribution < -0.4 is 0 Å². The van der Waals surface area contributed by atoms with Gasteiger partial charge in [0.25, 0.3) is 11.8 Å². The molecule has 1 aliphatic heterocycles. The van der Waals surface area contributed by atoms with Gasteiger partial charge in [-0.2, -0.15) is 0 Å². The molecule has 0 fully saturated rings. The van der Waals surface area contributed by atoms with Crippen LogP contribution in [0.2, 0.25) is 0 Å². The SMILES string of the molecule is CC(C)C(C)(C)OOC(C)(C)CCN1C(=O)C=CC1=O. The van der Waals surface area contributed by atoms with E-state index in [1.54, 1.807) is 0 Å². The fourth-order valence-electron chi connectivity index (χ4n) is 1.39. The Hall–Kier alpha value is -1.20. The van der Waals surface area contributed by atoms with Crippen LogP contribution in [-0.4, -0.2) is 34.5 Å². The molecule has 0 radical (unpaired) electrons. The van der Waals surface area contributed by atoms with Crippen molar-refractivity contribution in [3.05, 3.63) is 12.2 Å². The second kappa shape index (κ2) is 6.06. The molecule has 0 N–H and O–H groups in total. The van der Waals surface area contributed by atoms with Gasteiger partial charge < -0.3 is 0 Å². The summed E-state index contributed by atoms with van der Waals surface area (Å²) in [6.45, 7) is 12.1. The van der Waals surface area contributed by atoms with Crippen LogP contribution in [0.5, 0.6) is 0 Å². The van der Waals surface area contributed by atoms with E-state index in [2.05, 4.69) is 13.8 Å². The molecule has 1 rings (SSSR count). The van der Waals surface area contributed by atoms with Gasteiger partial charge in [-0.1, -0.05) is 13.8 Å². The van der Waals surface area contributed by atoms with Crippen LogP contribution in [0.25, 0.3) is 0 Å². The monoisotopic (exact) mass is 283 g/mol. The lowest BCUT2D eigenvalue weighted by Gasteiger charge is -2.33. The second-order valence-corrected chi connectivity index (χ2v) is 6.60. The Morgan fingerprint density at radius 2 is 1.55 bits per heavy atom. The Morgan fingerprint density at radius 1 is 1.05 bits per heavy atom. The van der Waals surface area contributed by atoms with Gasteiger partial charge in [0.1, 0.15) is 5.60 Å². The Kier molecular flexibility index (Phi) is 5.10. The van der Waals surface area contributed by atoms with E-state index >= 15 is 0 Å². The number of hydrogen-bond donors (Lipinski definition) is 0. The van der Waals surface area contributed by atoms with E-state index in [4.69, 9.17) is 9.78 Å². The minimum absolute atomic E-state index is 0.269. The molecule has 2 amide bonds. The minimum Gasteiger partial charge on any atom is -0.275 e. The van der Waals surface area contributed by atoms with E-state index in [1.807, 2.05) is 27.7 Å². The molecular formula is C15H25NO4. The Balaban J connectivity index is 2.46. The van der Waals surface area contributed by atoms with Crippen molar-refractivity contribution in [3.63, 3.8) is 0 Å². The fraction of sp³-hybridized carbons (Fsp3) is 0.733. The van der Waals surface area contributed by atoms with Crippen LogP contribution >= 0.6 is 0 Å². The van der Waals surface area contributed by atoms with Crippen molar-refractivity contribution in [2.24, 2.45) is 5.92 Å². The van der Waals surface area contributed by atoms with Gasteiger partial charge in [0, 0.05) is 18.7 Å². The highest BCUT2D eigenvalue weighted by Crippen LogP contribution is 2.25. The molecule has 0 aromatic rings. The molecule has 0 bridgehead atoms. The molecule has 114 valence electrons. The molecule has 0 atom stereocenters. The molecule has 0 aromatic heterocycles. The Morgan fingerprint density at radius 3 is 2.00 bits per heavy atom. The van der Waals surface area contributed by atoms with E-state index in [-0.39, 0.29) is 11.8 Å². The third-order valence-corrected chi connectivity index (χ3v) is 3.71. The summed E-state index contributed by atoms with van der Waals surface area (Å²) in [7, 11) is 0. The number of nitrogens with zero attached hydrogens (tertiary/aromatic N) is 1. The zero-order valence-electron chi connectivity index (χ0n) is 13.2. The highest BCUT2D eigenvalue weighted by Gasteiger charge is 2.31. The number of imide groups is 1. The number of carbonyl (C=O) groups excluding carboxylic acids is 2. The Labute approximate surface area is 120 Å². The van der Waals surface area contributed by atoms with Crippen LogP contribution in [0.1, 0.15) is 48.0 Å². The number of carbonyl (C=O) groups is 2. The number of hydrogen-bond acceptors (Lipinski definition) is 4. The third-order valence-electron chi connectivity index (χ3n) is 3.71. The van der Waals surface area contributed by atoms with E-state index in [0.717, 1.165) is 0 Å². The minimum atomic E-state index is -0.574. The molecule has 1 heterocycles. The van der Waals surface area contributed by atoms with Gasteiger partial charge in [0.05, 0.1) is 5.60 Å². The average Bonchev–Trinajstić information content (AvgIpc) is 2.64. The molecule has 0 aliphatic carbocycles. The molecule has 5 heteroatoms. The normalized spacial score (nSPS) is 16.6. The molecule has 0 spiro atoms. The van der Waals surface area contributed by atoms with Gasteiger partial charge in [-0.25, -0.2) is 9.78 Å². The van der Waals surface area contributed by atoms with Crippen LogP contribution in [0.3, 0.4) is 0 Å². The van der Waals surface area contributed by atoms with E-state index in [9.17, 15) is 9.59 Å². The largest absolute Gasteiger partial charge is 0.275 e. The van der Waals surface area contributed by atoms with Crippen LogP contribution in [-0.2, 0) is 19.4 Å². The summed E-state index contributed by atoms with van der Waals surface area (Å²) in [6, 6.07) is 0. The molecule has 20 heavy (non-hydrogen) atoms. The van der Waals surface area contributed by atoms with Gasteiger partial charge in [-0.05, 0) is 40.0 Å². The maximum absolute atomic E-state index is 11.5. The smallest absolute Gasteiger partial charge is 0.253 e. The summed E-state index contributed by atoms with van der Waals surface area (Å²) in [5, 5.41) is 0. The molecule has 5 nitrogen and oxygen atoms in total. The summed E-state index contributed by atoms with van der Waals surface area (Å²) < 4.78 is 0. The van der Waals surface area contributed by atoms with E-state index in [1.165, 1.54) is 17.1 Å². The van der Waals surface area contributed by atoms with E-state index in [0.29, 0.717) is 18.9 Å². The zero-order chi connectivity index (χ0) is 15.6. The van der Waals surface area contributed by atoms with Crippen LogP contribution in [0.15, 0.2) is 12.2 Å². The molecule has 0 aromatic carbocycles. The first-order chi connectivity index (χ1) is 9.05. The van der Waals surface area contributed by atoms with Crippen molar-refractivity contribution >= 4 is 11.8 Å². The number of rotatable bonds is 7. The third kappa shape index (κ3) is 4.42. The summed E-state index contributed by atoms with van der Waals surface area (Å²) in [5.41, 5.74) is -0.965. The molecule has 0 saturated carbocycles. The Bertz CT molecular complexity index is 392. The van der Waals surface area contributed by atoms with Gasteiger partial charge in [-0.15, -0.1) is 0 Å². The topological polar surface area (TPSA) is 55.8 Å². The first-order valence-electron chi connectivity index (χ1n) is 6.95. The van der Waals surface area contributed by atoms with Crippen molar-refractivity contribution in [1.29, 1.82) is 0 Å². The van der Waals surface area contributed by atoms with Gasteiger partial charge in [0.2, 0.25) is 0 Å². The van der Waals surface area contributed by atoms with Crippen molar-refractivity contribution in [3.8, 4) is 0 Å².